The Hall–Kier alpha value is -4.41. The molecule has 3 amide bonds. The summed E-state index contributed by atoms with van der Waals surface area (Å²) in [6, 6.07) is 3.52. The second-order valence-electron chi connectivity index (χ2n) is 11.6. The molecule has 0 bridgehead atoms. The van der Waals surface area contributed by atoms with Crippen LogP contribution < -0.4 is 16.2 Å². The monoisotopic (exact) mass is 586 g/mol. The van der Waals surface area contributed by atoms with Gasteiger partial charge in [0, 0.05) is 11.7 Å². The van der Waals surface area contributed by atoms with E-state index in [0.29, 0.717) is 16.7 Å². The maximum atomic E-state index is 14.1. The number of benzene rings is 1. The lowest BCUT2D eigenvalue weighted by Crippen LogP contribution is -2.51. The lowest BCUT2D eigenvalue weighted by molar-refractivity contribution is -0.128. The Morgan fingerprint density at radius 2 is 1.62 bits per heavy atom. The van der Waals surface area contributed by atoms with Gasteiger partial charge in [-0.3, -0.25) is 20.4 Å². The first-order chi connectivity index (χ1) is 19.3. The smallest absolute Gasteiger partial charge is 0.408 e. The number of halogens is 2. The van der Waals surface area contributed by atoms with Crippen LogP contribution in [0.2, 0.25) is 0 Å². The van der Waals surface area contributed by atoms with Gasteiger partial charge < -0.3 is 19.7 Å². The van der Waals surface area contributed by atoms with Crippen LogP contribution in [0.5, 0.6) is 0 Å². The largest absolute Gasteiger partial charge is 0.486 e. The lowest BCUT2D eigenvalue weighted by Gasteiger charge is -2.31. The Kier molecular flexibility index (Phi) is 10.9. The number of alkyl carbamates (subject to hydrolysis) is 1. The van der Waals surface area contributed by atoms with Gasteiger partial charge in [0.2, 0.25) is 5.91 Å². The first-order valence-corrected chi connectivity index (χ1v) is 13.2. The van der Waals surface area contributed by atoms with Gasteiger partial charge in [0.25, 0.3) is 5.91 Å². The zero-order valence-electron chi connectivity index (χ0n) is 25.5. The molecule has 2 rings (SSSR count). The highest BCUT2D eigenvalue weighted by Crippen LogP contribution is 2.31. The van der Waals surface area contributed by atoms with Crippen LogP contribution in [-0.2, 0) is 25.7 Å². The van der Waals surface area contributed by atoms with Gasteiger partial charge >= 0.3 is 6.09 Å². The van der Waals surface area contributed by atoms with E-state index < -0.39 is 47.3 Å². The van der Waals surface area contributed by atoms with Crippen LogP contribution in [-0.4, -0.2) is 33.9 Å². The fraction of sp³-hybridized carbons (Fsp3) is 0.387. The van der Waals surface area contributed by atoms with E-state index in [1.165, 1.54) is 11.0 Å². The average molecular weight is 587 g/mol. The summed E-state index contributed by atoms with van der Waals surface area (Å²) >= 11 is 0. The summed E-state index contributed by atoms with van der Waals surface area (Å²) in [5, 5.41) is 2.63. The van der Waals surface area contributed by atoms with Crippen LogP contribution in [0.15, 0.2) is 77.5 Å². The molecule has 0 saturated heterocycles. The highest BCUT2D eigenvalue weighted by molar-refractivity contribution is 5.96. The van der Waals surface area contributed by atoms with E-state index in [-0.39, 0.29) is 29.1 Å². The summed E-state index contributed by atoms with van der Waals surface area (Å²) in [6.45, 7) is 21.1. The number of ether oxygens (including phenoxy) is 2. The molecule has 0 aromatic heterocycles. The Bertz CT molecular complexity index is 1350. The summed E-state index contributed by atoms with van der Waals surface area (Å²) in [6.07, 6.45) is 2.41. The predicted octanol–water partition coefficient (Wildman–Crippen LogP) is 5.79. The van der Waals surface area contributed by atoms with Gasteiger partial charge in [-0.25, -0.2) is 13.6 Å². The quantitative estimate of drug-likeness (QED) is 0.192. The Labute approximate surface area is 246 Å². The first kappa shape index (κ1) is 33.8. The summed E-state index contributed by atoms with van der Waals surface area (Å²) in [5.74, 6) is -2.57. The minimum Gasteiger partial charge on any atom is -0.486 e. The molecule has 0 radical (unpaired) electrons. The third-order valence-corrected chi connectivity index (χ3v) is 5.91. The van der Waals surface area contributed by atoms with E-state index in [1.54, 1.807) is 67.7 Å². The number of nitrogens with one attached hydrogen (secondary N) is 3. The molecule has 0 atom stereocenters. The molecule has 1 aromatic carbocycles. The molecule has 0 aliphatic carbocycles. The second kappa shape index (κ2) is 13.5. The van der Waals surface area contributed by atoms with Gasteiger partial charge in [-0.2, -0.15) is 0 Å². The van der Waals surface area contributed by atoms with Gasteiger partial charge in [0.05, 0.1) is 17.7 Å². The predicted molar refractivity (Wildman–Crippen MR) is 156 cm³/mol. The molecule has 42 heavy (non-hydrogen) atoms. The van der Waals surface area contributed by atoms with Crippen LogP contribution >= 0.6 is 0 Å². The van der Waals surface area contributed by atoms with Gasteiger partial charge in [0.1, 0.15) is 35.3 Å². The highest BCUT2D eigenvalue weighted by atomic mass is 19.1. The zero-order chi connectivity index (χ0) is 32.0. The minimum atomic E-state index is -0.987. The van der Waals surface area contributed by atoms with E-state index in [4.69, 9.17) is 9.47 Å². The molecular formula is C31H40F2N4O5. The molecule has 1 aliphatic rings. The van der Waals surface area contributed by atoms with Crippen molar-refractivity contribution >= 4 is 17.9 Å². The number of carbonyl (C=O) groups is 3. The second-order valence-corrected chi connectivity index (χ2v) is 11.6. The summed E-state index contributed by atoms with van der Waals surface area (Å²) in [4.78, 5) is 39.7. The van der Waals surface area contributed by atoms with Gasteiger partial charge in [-0.05, 0) is 84.7 Å². The van der Waals surface area contributed by atoms with Crippen molar-refractivity contribution in [3.63, 3.8) is 0 Å². The molecule has 1 aliphatic heterocycles. The average Bonchev–Trinajstić information content (AvgIpc) is 2.82. The van der Waals surface area contributed by atoms with Gasteiger partial charge in [-0.1, -0.05) is 24.8 Å². The highest BCUT2D eigenvalue weighted by Gasteiger charge is 2.30. The molecule has 0 spiro atoms. The van der Waals surface area contributed by atoms with E-state index in [0.717, 1.165) is 12.1 Å². The van der Waals surface area contributed by atoms with E-state index in [9.17, 15) is 23.2 Å². The lowest BCUT2D eigenvalue weighted by atomic mass is 10.0. The topological polar surface area (TPSA) is 109 Å². The van der Waals surface area contributed by atoms with Crippen molar-refractivity contribution in [2.75, 3.05) is 0 Å². The van der Waals surface area contributed by atoms with E-state index in [2.05, 4.69) is 29.3 Å². The van der Waals surface area contributed by atoms with Crippen molar-refractivity contribution in [2.24, 2.45) is 0 Å². The number of hydrogen-bond acceptors (Lipinski definition) is 6. The Morgan fingerprint density at radius 3 is 2.17 bits per heavy atom. The number of amides is 3. The van der Waals surface area contributed by atoms with Crippen molar-refractivity contribution < 1.29 is 32.6 Å². The van der Waals surface area contributed by atoms with Gasteiger partial charge in [-0.15, -0.1) is 0 Å². The Balaban J connectivity index is 2.18. The van der Waals surface area contributed by atoms with Crippen molar-refractivity contribution in [3.8, 4) is 0 Å². The summed E-state index contributed by atoms with van der Waals surface area (Å²) in [5.41, 5.74) is 4.85. The fourth-order valence-corrected chi connectivity index (χ4v) is 3.79. The van der Waals surface area contributed by atoms with E-state index >= 15 is 0 Å². The summed E-state index contributed by atoms with van der Waals surface area (Å²) in [7, 11) is 0. The zero-order valence-corrected chi connectivity index (χ0v) is 25.5. The third kappa shape index (κ3) is 9.60. The molecule has 0 unspecified atom stereocenters. The van der Waals surface area contributed by atoms with Crippen molar-refractivity contribution in [1.29, 1.82) is 0 Å². The molecule has 0 fully saturated rings. The maximum absolute atomic E-state index is 14.1. The molecular weight excluding hydrogens is 546 g/mol. The maximum Gasteiger partial charge on any atom is 0.408 e. The molecule has 0 saturated carbocycles. The van der Waals surface area contributed by atoms with Gasteiger partial charge in [0.15, 0.2) is 0 Å². The SMILES string of the molecule is C=C(C)C(C)=C(C(=O)NNC(=O)CC(C)(C)NC(=O)OC(C)(C)C)N1C=C(C)C=C(OCc2c(F)cccc2F)C1=C. The van der Waals surface area contributed by atoms with Crippen molar-refractivity contribution in [2.45, 2.75) is 79.6 Å². The molecule has 1 heterocycles. The number of hydrazine groups is 1. The number of carbonyl (C=O) groups excluding carboxylic acids is 3. The van der Waals surface area contributed by atoms with Crippen LogP contribution in [0.25, 0.3) is 0 Å². The van der Waals surface area contributed by atoms with Crippen molar-refractivity contribution in [3.05, 3.63) is 94.7 Å². The third-order valence-electron chi connectivity index (χ3n) is 5.91. The molecule has 9 nitrogen and oxygen atoms in total. The van der Waals surface area contributed by atoms with Crippen LogP contribution in [0, 0.1) is 11.6 Å². The molecule has 3 N–H and O–H groups in total. The first-order valence-electron chi connectivity index (χ1n) is 13.2. The number of rotatable bonds is 9. The number of allylic oxidation sites excluding steroid dienone is 4. The number of nitrogens with zero attached hydrogens (tertiary/aromatic N) is 1. The number of hydrogen-bond donors (Lipinski definition) is 3. The minimum absolute atomic E-state index is 0.0876. The van der Waals surface area contributed by atoms with Crippen LogP contribution in [0.4, 0.5) is 13.6 Å². The standard InChI is InChI=1S/C31H40F2N4O5/c1-18(2)20(4)27(28(39)36-35-26(38)15-31(9,10)34-29(40)42-30(6,7)8)37-16-19(3)14-25(21(37)5)41-17-22-23(32)12-11-13-24(22)33/h11-14,16H,1,5,15,17H2,2-4,6-10H3,(H,34,40)(H,35,38)(H,36,39). The van der Waals surface area contributed by atoms with Crippen LogP contribution in [0.1, 0.15) is 67.4 Å². The summed E-state index contributed by atoms with van der Waals surface area (Å²) < 4.78 is 39.3. The molecule has 1 aromatic rings. The molecule has 228 valence electrons. The normalized spacial score (nSPS) is 14.2. The molecule has 11 heteroatoms. The van der Waals surface area contributed by atoms with Crippen molar-refractivity contribution in [1.82, 2.24) is 21.1 Å². The Morgan fingerprint density at radius 1 is 1.02 bits per heavy atom. The fourth-order valence-electron chi connectivity index (χ4n) is 3.79. The van der Waals surface area contributed by atoms with Crippen LogP contribution in [0.3, 0.4) is 0 Å². The van der Waals surface area contributed by atoms with E-state index in [1.807, 2.05) is 0 Å².